The van der Waals surface area contributed by atoms with E-state index in [0.717, 1.165) is 0 Å². The number of halogens is 3. The van der Waals surface area contributed by atoms with E-state index in [9.17, 15) is 18.0 Å². The number of anilines is 1. The van der Waals surface area contributed by atoms with Crippen molar-refractivity contribution < 1.29 is 22.7 Å². The molecule has 0 saturated heterocycles. The number of rotatable bonds is 4. The first-order valence-corrected chi connectivity index (χ1v) is 5.39. The Balaban J connectivity index is 2.05. The van der Waals surface area contributed by atoms with Crippen molar-refractivity contribution in [3.8, 4) is 0 Å². The summed E-state index contributed by atoms with van der Waals surface area (Å²) >= 11 is 0. The van der Waals surface area contributed by atoms with Crippen molar-refractivity contribution in [1.29, 1.82) is 0 Å². The summed E-state index contributed by atoms with van der Waals surface area (Å²) in [6, 6.07) is 2.75. The molecule has 0 radical (unpaired) electrons. The van der Waals surface area contributed by atoms with Crippen molar-refractivity contribution in [2.75, 3.05) is 5.32 Å². The van der Waals surface area contributed by atoms with Crippen molar-refractivity contribution in [2.24, 2.45) is 7.05 Å². The van der Waals surface area contributed by atoms with Gasteiger partial charge in [-0.15, -0.1) is 13.2 Å². The molecule has 0 unspecified atom stereocenters. The SMILES string of the molecule is Cn1nc(COC(F)(F)F)cc1C(=O)Nc1ccn[nH]1. The number of ether oxygens (including phenoxy) is 1. The van der Waals surface area contributed by atoms with Gasteiger partial charge in [0.05, 0.1) is 11.9 Å². The quantitative estimate of drug-likeness (QED) is 0.891. The number of hydrogen-bond acceptors (Lipinski definition) is 4. The molecule has 0 aliphatic heterocycles. The molecule has 2 aromatic heterocycles. The second-order valence-corrected chi connectivity index (χ2v) is 3.80. The summed E-state index contributed by atoms with van der Waals surface area (Å²) in [7, 11) is 1.44. The average Bonchev–Trinajstić information content (AvgIpc) is 2.95. The highest BCUT2D eigenvalue weighted by Crippen LogP contribution is 2.18. The van der Waals surface area contributed by atoms with E-state index in [-0.39, 0.29) is 11.4 Å². The van der Waals surface area contributed by atoms with E-state index in [4.69, 9.17) is 0 Å². The average molecular weight is 289 g/mol. The van der Waals surface area contributed by atoms with Crippen molar-refractivity contribution in [3.63, 3.8) is 0 Å². The van der Waals surface area contributed by atoms with Crippen LogP contribution in [-0.4, -0.2) is 32.2 Å². The highest BCUT2D eigenvalue weighted by Gasteiger charge is 2.29. The van der Waals surface area contributed by atoms with Crippen LogP contribution in [0.25, 0.3) is 0 Å². The van der Waals surface area contributed by atoms with Crippen LogP contribution in [0.5, 0.6) is 0 Å². The first-order valence-electron chi connectivity index (χ1n) is 5.39. The number of carbonyl (C=O) groups excluding carboxylic acids is 1. The van der Waals surface area contributed by atoms with Crippen LogP contribution in [0, 0.1) is 0 Å². The lowest BCUT2D eigenvalue weighted by Crippen LogP contribution is -2.16. The van der Waals surface area contributed by atoms with Gasteiger partial charge < -0.3 is 5.32 Å². The van der Waals surface area contributed by atoms with E-state index in [1.54, 1.807) is 0 Å². The Morgan fingerprint density at radius 2 is 2.30 bits per heavy atom. The Hall–Kier alpha value is -2.36. The Labute approximate surface area is 110 Å². The van der Waals surface area contributed by atoms with Gasteiger partial charge in [-0.3, -0.25) is 19.3 Å². The third-order valence-corrected chi connectivity index (χ3v) is 2.30. The summed E-state index contributed by atoms with van der Waals surface area (Å²) in [4.78, 5) is 11.9. The predicted molar refractivity (Wildman–Crippen MR) is 60.6 cm³/mol. The molecule has 108 valence electrons. The maximum absolute atomic E-state index is 11.9. The number of alkyl halides is 3. The summed E-state index contributed by atoms with van der Waals surface area (Å²) in [5.41, 5.74) is 0.0972. The first kappa shape index (κ1) is 14.1. The van der Waals surface area contributed by atoms with Gasteiger partial charge in [-0.05, 0) is 6.07 Å². The number of nitrogens with zero attached hydrogens (tertiary/aromatic N) is 3. The number of hydrogen-bond donors (Lipinski definition) is 2. The molecule has 7 nitrogen and oxygen atoms in total. The fourth-order valence-corrected chi connectivity index (χ4v) is 1.48. The Morgan fingerprint density at radius 3 is 2.90 bits per heavy atom. The lowest BCUT2D eigenvalue weighted by Gasteiger charge is -2.04. The molecular formula is C10H10F3N5O2. The van der Waals surface area contributed by atoms with E-state index in [0.29, 0.717) is 5.82 Å². The van der Waals surface area contributed by atoms with E-state index >= 15 is 0 Å². The number of H-pyrrole nitrogens is 1. The summed E-state index contributed by atoms with van der Waals surface area (Å²) in [5.74, 6) is -0.160. The molecule has 1 amide bonds. The van der Waals surface area contributed by atoms with E-state index < -0.39 is 18.9 Å². The predicted octanol–water partition coefficient (Wildman–Crippen LogP) is 1.43. The Bertz CT molecular complexity index is 591. The van der Waals surface area contributed by atoms with Gasteiger partial charge in [-0.1, -0.05) is 0 Å². The maximum Gasteiger partial charge on any atom is 0.522 e. The first-order chi connectivity index (χ1) is 9.35. The second kappa shape index (κ2) is 5.33. The molecule has 0 spiro atoms. The van der Waals surface area contributed by atoms with Crippen LogP contribution in [0.1, 0.15) is 16.2 Å². The van der Waals surface area contributed by atoms with Gasteiger partial charge >= 0.3 is 6.36 Å². The van der Waals surface area contributed by atoms with Crippen LogP contribution in [0.15, 0.2) is 18.3 Å². The molecule has 0 aromatic carbocycles. The number of aryl methyl sites for hydroxylation is 1. The molecule has 10 heteroatoms. The van der Waals surface area contributed by atoms with Gasteiger partial charge in [0.25, 0.3) is 5.91 Å². The van der Waals surface area contributed by atoms with Gasteiger partial charge in [-0.25, -0.2) is 0 Å². The second-order valence-electron chi connectivity index (χ2n) is 3.80. The number of aromatic nitrogens is 4. The van der Waals surface area contributed by atoms with Gasteiger partial charge in [0.1, 0.15) is 18.1 Å². The Kier molecular flexibility index (Phi) is 3.74. The summed E-state index contributed by atoms with van der Waals surface area (Å²) in [6.45, 7) is -0.755. The van der Waals surface area contributed by atoms with Crippen LogP contribution >= 0.6 is 0 Å². The van der Waals surface area contributed by atoms with Crippen LogP contribution < -0.4 is 5.32 Å². The van der Waals surface area contributed by atoms with Gasteiger partial charge in [0.2, 0.25) is 0 Å². The lowest BCUT2D eigenvalue weighted by atomic mass is 10.3. The standard InChI is InChI=1S/C10H10F3N5O2/c1-18-7(9(19)15-8-2-3-14-16-8)4-6(17-18)5-20-10(11,12)13/h2-4H,5H2,1H3,(H2,14,15,16,19). The monoisotopic (exact) mass is 289 g/mol. The zero-order chi connectivity index (χ0) is 14.8. The molecule has 0 aliphatic rings. The van der Waals surface area contributed by atoms with Crippen molar-refractivity contribution >= 4 is 11.7 Å². The highest BCUT2D eigenvalue weighted by molar-refractivity contribution is 6.02. The molecule has 0 saturated carbocycles. The smallest absolute Gasteiger partial charge is 0.306 e. The number of amides is 1. The number of nitrogens with one attached hydrogen (secondary N) is 2. The maximum atomic E-state index is 11.9. The van der Waals surface area contributed by atoms with Crippen molar-refractivity contribution in [3.05, 3.63) is 29.7 Å². The molecule has 0 bridgehead atoms. The largest absolute Gasteiger partial charge is 0.522 e. The summed E-state index contributed by atoms with van der Waals surface area (Å²) < 4.78 is 40.5. The van der Waals surface area contributed by atoms with Crippen LogP contribution in [-0.2, 0) is 18.4 Å². The third-order valence-electron chi connectivity index (χ3n) is 2.30. The molecule has 2 N–H and O–H groups in total. The summed E-state index contributed by atoms with van der Waals surface area (Å²) in [6.07, 6.45) is -3.29. The zero-order valence-electron chi connectivity index (χ0n) is 10.2. The Morgan fingerprint density at radius 1 is 1.55 bits per heavy atom. The molecule has 2 rings (SSSR count). The fourth-order valence-electron chi connectivity index (χ4n) is 1.48. The minimum absolute atomic E-state index is 0.000384. The van der Waals surface area contributed by atoms with Crippen molar-refractivity contribution in [1.82, 2.24) is 20.0 Å². The van der Waals surface area contributed by atoms with Gasteiger partial charge in [-0.2, -0.15) is 10.2 Å². The van der Waals surface area contributed by atoms with Gasteiger partial charge in [0, 0.05) is 13.1 Å². The molecular weight excluding hydrogens is 279 g/mol. The molecule has 2 heterocycles. The fraction of sp³-hybridized carbons (Fsp3) is 0.300. The van der Waals surface area contributed by atoms with Gasteiger partial charge in [0.15, 0.2) is 0 Å². The van der Waals surface area contributed by atoms with E-state index in [1.165, 1.54) is 30.1 Å². The topological polar surface area (TPSA) is 84.8 Å². The molecule has 0 atom stereocenters. The van der Waals surface area contributed by atoms with Crippen LogP contribution in [0.2, 0.25) is 0 Å². The molecule has 0 fully saturated rings. The molecule has 2 aromatic rings. The number of aromatic amines is 1. The number of carbonyl (C=O) groups is 1. The third kappa shape index (κ3) is 3.57. The van der Waals surface area contributed by atoms with Crippen LogP contribution in [0.3, 0.4) is 0 Å². The highest BCUT2D eigenvalue weighted by atomic mass is 19.4. The molecule has 0 aliphatic carbocycles. The van der Waals surface area contributed by atoms with Crippen LogP contribution in [0.4, 0.5) is 19.0 Å². The van der Waals surface area contributed by atoms with E-state index in [1.807, 2.05) is 0 Å². The summed E-state index contributed by atoms with van der Waals surface area (Å²) in [5, 5.41) is 12.4. The van der Waals surface area contributed by atoms with E-state index in [2.05, 4.69) is 25.3 Å². The zero-order valence-corrected chi connectivity index (χ0v) is 10.2. The van der Waals surface area contributed by atoms with Crippen molar-refractivity contribution in [2.45, 2.75) is 13.0 Å². The molecule has 20 heavy (non-hydrogen) atoms. The normalized spacial score (nSPS) is 11.6. The minimum atomic E-state index is -4.74. The lowest BCUT2D eigenvalue weighted by molar-refractivity contribution is -0.330. The minimum Gasteiger partial charge on any atom is -0.306 e.